The first-order valence-electron chi connectivity index (χ1n) is 7.52. The molecule has 1 atom stereocenters. The Morgan fingerprint density at radius 1 is 1.35 bits per heavy atom. The van der Waals surface area contributed by atoms with Crippen molar-refractivity contribution in [3.63, 3.8) is 0 Å². The molecule has 1 aromatic rings. The molecule has 0 aromatic heterocycles. The number of rotatable bonds is 6. The van der Waals surface area contributed by atoms with E-state index in [4.69, 9.17) is 10.6 Å². The number of para-hydroxylation sites is 1. The van der Waals surface area contributed by atoms with E-state index in [1.165, 1.54) is 11.1 Å². The maximum absolute atomic E-state index is 5.90. The van der Waals surface area contributed by atoms with Crippen molar-refractivity contribution in [1.82, 2.24) is 10.3 Å². The maximum Gasteiger partial charge on any atom is 0.127 e. The van der Waals surface area contributed by atoms with Crippen molar-refractivity contribution in [2.75, 3.05) is 19.7 Å². The van der Waals surface area contributed by atoms with Gasteiger partial charge < -0.3 is 4.74 Å². The van der Waals surface area contributed by atoms with E-state index in [1.54, 1.807) is 0 Å². The minimum Gasteiger partial charge on any atom is -0.493 e. The van der Waals surface area contributed by atoms with Gasteiger partial charge in [0.05, 0.1) is 12.6 Å². The molecule has 0 fully saturated rings. The van der Waals surface area contributed by atoms with Crippen LogP contribution in [0.1, 0.15) is 44.9 Å². The van der Waals surface area contributed by atoms with Gasteiger partial charge in [0, 0.05) is 17.5 Å². The van der Waals surface area contributed by atoms with Gasteiger partial charge in [-0.05, 0) is 32.5 Å². The minimum atomic E-state index is -0.0840. The third kappa shape index (κ3) is 2.55. The summed E-state index contributed by atoms with van der Waals surface area (Å²) in [6, 6.07) is 6.41. The average Bonchev–Trinajstić information content (AvgIpc) is 2.89. The van der Waals surface area contributed by atoms with Crippen LogP contribution in [0.4, 0.5) is 0 Å². The Morgan fingerprint density at radius 3 is 2.65 bits per heavy atom. The standard InChI is InChI=1S/C16H27N3O/c1-5-19(6-2)16(3,4)15(18-17)13-9-7-8-12-10-11-20-14(12)13/h7-9,15,18H,5-6,10-11,17H2,1-4H3. The predicted molar refractivity (Wildman–Crippen MR) is 82.7 cm³/mol. The summed E-state index contributed by atoms with van der Waals surface area (Å²) < 4.78 is 5.84. The van der Waals surface area contributed by atoms with Crippen LogP contribution in [0.3, 0.4) is 0 Å². The lowest BCUT2D eigenvalue weighted by atomic mass is 9.86. The number of nitrogens with two attached hydrogens (primary N) is 1. The Labute approximate surface area is 122 Å². The summed E-state index contributed by atoms with van der Waals surface area (Å²) in [5, 5.41) is 0. The summed E-state index contributed by atoms with van der Waals surface area (Å²) in [6.45, 7) is 11.6. The van der Waals surface area contributed by atoms with Gasteiger partial charge in [0.1, 0.15) is 5.75 Å². The second-order valence-corrected chi connectivity index (χ2v) is 5.86. The van der Waals surface area contributed by atoms with Gasteiger partial charge in [0.25, 0.3) is 0 Å². The van der Waals surface area contributed by atoms with E-state index < -0.39 is 0 Å². The molecule has 4 nitrogen and oxygen atoms in total. The SMILES string of the molecule is CCN(CC)C(C)(C)C(NN)c1cccc2c1OCC2. The molecule has 0 spiro atoms. The molecule has 1 aromatic carbocycles. The quantitative estimate of drug-likeness (QED) is 0.618. The lowest BCUT2D eigenvalue weighted by Crippen LogP contribution is -2.54. The number of hydrogen-bond donors (Lipinski definition) is 2. The molecule has 1 heterocycles. The van der Waals surface area contributed by atoms with Gasteiger partial charge in [-0.15, -0.1) is 0 Å². The highest BCUT2D eigenvalue weighted by molar-refractivity contribution is 5.46. The van der Waals surface area contributed by atoms with Crippen molar-refractivity contribution in [2.24, 2.45) is 5.84 Å². The van der Waals surface area contributed by atoms with Crippen molar-refractivity contribution in [3.05, 3.63) is 29.3 Å². The Morgan fingerprint density at radius 2 is 2.05 bits per heavy atom. The van der Waals surface area contributed by atoms with Crippen molar-refractivity contribution in [1.29, 1.82) is 0 Å². The highest BCUT2D eigenvalue weighted by Gasteiger charge is 2.37. The van der Waals surface area contributed by atoms with Crippen LogP contribution < -0.4 is 16.0 Å². The number of nitrogens with zero attached hydrogens (tertiary/aromatic N) is 1. The zero-order valence-corrected chi connectivity index (χ0v) is 13.1. The van der Waals surface area contributed by atoms with Crippen LogP contribution in [-0.4, -0.2) is 30.1 Å². The molecule has 2 rings (SSSR count). The highest BCUT2D eigenvalue weighted by Crippen LogP contribution is 2.39. The molecule has 4 heteroatoms. The Kier molecular flexibility index (Phi) is 4.68. The lowest BCUT2D eigenvalue weighted by molar-refractivity contribution is 0.0900. The highest BCUT2D eigenvalue weighted by atomic mass is 16.5. The first-order valence-corrected chi connectivity index (χ1v) is 7.52. The summed E-state index contributed by atoms with van der Waals surface area (Å²) in [6.07, 6.45) is 0.992. The third-order valence-corrected chi connectivity index (χ3v) is 4.51. The molecule has 1 unspecified atom stereocenters. The zero-order chi connectivity index (χ0) is 14.8. The molecule has 0 amide bonds. The van der Waals surface area contributed by atoms with Gasteiger partial charge in [-0.25, -0.2) is 0 Å². The predicted octanol–water partition coefficient (Wildman–Crippen LogP) is 2.25. The van der Waals surface area contributed by atoms with Crippen LogP contribution in [0.5, 0.6) is 5.75 Å². The molecule has 3 N–H and O–H groups in total. The van der Waals surface area contributed by atoms with E-state index in [2.05, 4.69) is 56.2 Å². The van der Waals surface area contributed by atoms with E-state index in [0.717, 1.165) is 31.9 Å². The van der Waals surface area contributed by atoms with Crippen LogP contribution in [0.2, 0.25) is 0 Å². The van der Waals surface area contributed by atoms with Crippen molar-refractivity contribution in [3.8, 4) is 5.75 Å². The molecular formula is C16H27N3O. The van der Waals surface area contributed by atoms with Crippen LogP contribution in [0, 0.1) is 0 Å². The van der Waals surface area contributed by atoms with Crippen molar-refractivity contribution < 1.29 is 4.74 Å². The van der Waals surface area contributed by atoms with Gasteiger partial charge in [-0.3, -0.25) is 16.2 Å². The summed E-state index contributed by atoms with van der Waals surface area (Å²) in [7, 11) is 0. The summed E-state index contributed by atoms with van der Waals surface area (Å²) >= 11 is 0. The largest absolute Gasteiger partial charge is 0.493 e. The van der Waals surface area contributed by atoms with Crippen molar-refractivity contribution in [2.45, 2.75) is 45.7 Å². The second-order valence-electron chi connectivity index (χ2n) is 5.86. The maximum atomic E-state index is 5.90. The van der Waals surface area contributed by atoms with Crippen LogP contribution in [-0.2, 0) is 6.42 Å². The Hall–Kier alpha value is -1.10. The van der Waals surface area contributed by atoms with Gasteiger partial charge >= 0.3 is 0 Å². The number of hydrazine groups is 1. The fraction of sp³-hybridized carbons (Fsp3) is 0.625. The van der Waals surface area contributed by atoms with E-state index >= 15 is 0 Å². The number of hydrogen-bond acceptors (Lipinski definition) is 4. The van der Waals surface area contributed by atoms with E-state index in [-0.39, 0.29) is 11.6 Å². The first kappa shape index (κ1) is 15.3. The van der Waals surface area contributed by atoms with Crippen molar-refractivity contribution >= 4 is 0 Å². The van der Waals surface area contributed by atoms with Crippen LogP contribution >= 0.6 is 0 Å². The van der Waals surface area contributed by atoms with E-state index in [0.29, 0.717) is 0 Å². The summed E-state index contributed by atoms with van der Waals surface area (Å²) in [4.78, 5) is 2.42. The first-order chi connectivity index (χ1) is 9.56. The Balaban J connectivity index is 2.40. The molecule has 0 bridgehead atoms. The number of benzene rings is 1. The number of nitrogens with one attached hydrogen (secondary N) is 1. The minimum absolute atomic E-state index is 0.0375. The third-order valence-electron chi connectivity index (χ3n) is 4.51. The van der Waals surface area contributed by atoms with E-state index in [9.17, 15) is 0 Å². The fourth-order valence-electron chi connectivity index (χ4n) is 3.36. The average molecular weight is 277 g/mol. The molecule has 0 saturated carbocycles. The molecule has 20 heavy (non-hydrogen) atoms. The summed E-state index contributed by atoms with van der Waals surface area (Å²) in [5.41, 5.74) is 5.39. The molecular weight excluding hydrogens is 250 g/mol. The lowest BCUT2D eigenvalue weighted by Gasteiger charge is -2.43. The number of ether oxygens (including phenoxy) is 1. The second kappa shape index (κ2) is 6.12. The Bertz CT molecular complexity index is 455. The fourth-order valence-corrected chi connectivity index (χ4v) is 3.36. The molecule has 0 aliphatic carbocycles. The topological polar surface area (TPSA) is 50.5 Å². The number of fused-ring (bicyclic) bond motifs is 1. The smallest absolute Gasteiger partial charge is 0.127 e. The van der Waals surface area contributed by atoms with Gasteiger partial charge in [-0.2, -0.15) is 0 Å². The van der Waals surface area contributed by atoms with E-state index in [1.807, 2.05) is 0 Å². The monoisotopic (exact) mass is 277 g/mol. The van der Waals surface area contributed by atoms with Gasteiger partial charge in [-0.1, -0.05) is 32.0 Å². The molecule has 0 radical (unpaired) electrons. The molecule has 0 saturated heterocycles. The normalized spacial score (nSPS) is 16.1. The van der Waals surface area contributed by atoms with Crippen LogP contribution in [0.25, 0.3) is 0 Å². The molecule has 1 aliphatic rings. The van der Waals surface area contributed by atoms with Gasteiger partial charge in [0.15, 0.2) is 0 Å². The van der Waals surface area contributed by atoms with Crippen LogP contribution in [0.15, 0.2) is 18.2 Å². The number of likely N-dealkylation sites (N-methyl/N-ethyl adjacent to an activating group) is 1. The summed E-state index contributed by atoms with van der Waals surface area (Å²) in [5.74, 6) is 6.92. The molecule has 1 aliphatic heterocycles. The molecule has 112 valence electrons. The zero-order valence-electron chi connectivity index (χ0n) is 13.1. The van der Waals surface area contributed by atoms with Gasteiger partial charge in [0.2, 0.25) is 0 Å².